The lowest BCUT2D eigenvalue weighted by molar-refractivity contribution is 0.306. The van der Waals surface area contributed by atoms with Gasteiger partial charge in [0.1, 0.15) is 5.69 Å². The van der Waals surface area contributed by atoms with E-state index in [1.165, 1.54) is 10.9 Å². The molecule has 0 bridgehead atoms. The Kier molecular flexibility index (Phi) is 4.77. The van der Waals surface area contributed by atoms with Gasteiger partial charge >= 0.3 is 0 Å². The minimum Gasteiger partial charge on any atom is -0.378 e. The van der Waals surface area contributed by atoms with Gasteiger partial charge < -0.3 is 5.73 Å². The van der Waals surface area contributed by atoms with E-state index in [2.05, 4.69) is 35.5 Å². The Morgan fingerprint density at radius 2 is 2.00 bits per heavy atom. The Hall–Kier alpha value is -2.78. The molecule has 1 aromatic carbocycles. The molecule has 0 aliphatic heterocycles. The Bertz CT molecular complexity index is 955. The zero-order valence-corrected chi connectivity index (χ0v) is 14.7. The summed E-state index contributed by atoms with van der Waals surface area (Å²) < 4.78 is 5.98. The molecule has 2 heterocycles. The van der Waals surface area contributed by atoms with E-state index < -0.39 is 0 Å². The summed E-state index contributed by atoms with van der Waals surface area (Å²) in [6.45, 7) is 3.54. The molecule has 0 unspecified atom stereocenters. The number of halogens is 2. The van der Waals surface area contributed by atoms with E-state index in [0.29, 0.717) is 32.7 Å². The van der Waals surface area contributed by atoms with Crippen LogP contribution in [-0.4, -0.2) is 37.2 Å². The zero-order chi connectivity index (χ0) is 18.0. The summed E-state index contributed by atoms with van der Waals surface area (Å²) in [5, 5.41) is 24.4. The van der Waals surface area contributed by atoms with Gasteiger partial charge in [0.25, 0.3) is 0 Å². The maximum Gasteiger partial charge on any atom is 0.243 e. The van der Waals surface area contributed by atoms with Gasteiger partial charge in [-0.3, -0.25) is 0 Å². The van der Waals surface area contributed by atoms with Crippen LogP contribution in [0.15, 0.2) is 33.0 Å². The first kappa shape index (κ1) is 17.1. The van der Waals surface area contributed by atoms with Crippen LogP contribution in [0.25, 0.3) is 5.82 Å². The van der Waals surface area contributed by atoms with Crippen molar-refractivity contribution in [3.63, 3.8) is 0 Å². The lowest BCUT2D eigenvalue weighted by atomic mass is 10.2. The van der Waals surface area contributed by atoms with Crippen LogP contribution in [-0.2, 0) is 0 Å². The lowest BCUT2D eigenvalue weighted by Gasteiger charge is -2.00. The third-order valence-corrected chi connectivity index (χ3v) is 3.99. The molecule has 0 atom stereocenters. The van der Waals surface area contributed by atoms with Crippen molar-refractivity contribution in [1.29, 1.82) is 0 Å². The third kappa shape index (κ3) is 3.37. The quantitative estimate of drug-likeness (QED) is 0.550. The van der Waals surface area contributed by atoms with Crippen LogP contribution in [0.1, 0.15) is 23.9 Å². The Labute approximate surface area is 152 Å². The molecule has 3 rings (SSSR count). The molecule has 0 amide bonds. The van der Waals surface area contributed by atoms with E-state index >= 15 is 0 Å². The first-order valence-corrected chi connectivity index (χ1v) is 7.77. The molecule has 0 spiro atoms. The van der Waals surface area contributed by atoms with Gasteiger partial charge in [-0.1, -0.05) is 34.5 Å². The number of aromatic nitrogens is 5. The normalized spacial score (nSPS) is 12.2. The second-order valence-electron chi connectivity index (χ2n) is 4.97. The SMILES string of the molecule is C/C(=N\N=C\c1c(Cl)cccc1Cl)c1nnn(-c2nonc2N)c1C. The fourth-order valence-electron chi connectivity index (χ4n) is 2.06. The maximum atomic E-state index is 6.08. The first-order valence-electron chi connectivity index (χ1n) is 7.01. The van der Waals surface area contributed by atoms with E-state index in [4.69, 9.17) is 28.9 Å². The minimum atomic E-state index is 0.112. The highest BCUT2D eigenvalue weighted by atomic mass is 35.5. The van der Waals surface area contributed by atoms with E-state index in [1.807, 2.05) is 0 Å². The molecular formula is C14H12Cl2N8O. The fourth-order valence-corrected chi connectivity index (χ4v) is 2.55. The summed E-state index contributed by atoms with van der Waals surface area (Å²) in [4.78, 5) is 0. The Morgan fingerprint density at radius 3 is 2.64 bits per heavy atom. The molecule has 0 saturated heterocycles. The highest BCUT2D eigenvalue weighted by Gasteiger charge is 2.17. The van der Waals surface area contributed by atoms with Crippen molar-refractivity contribution in [2.24, 2.45) is 10.2 Å². The number of benzene rings is 1. The van der Waals surface area contributed by atoms with Crippen LogP contribution in [0.3, 0.4) is 0 Å². The molecule has 2 N–H and O–H groups in total. The van der Waals surface area contributed by atoms with Crippen molar-refractivity contribution in [1.82, 2.24) is 25.3 Å². The molecule has 11 heteroatoms. The third-order valence-electron chi connectivity index (χ3n) is 3.33. The van der Waals surface area contributed by atoms with Gasteiger partial charge in [-0.2, -0.15) is 14.9 Å². The predicted octanol–water partition coefficient (Wildman–Crippen LogP) is 2.69. The van der Waals surface area contributed by atoms with Crippen LogP contribution in [0.2, 0.25) is 10.0 Å². The number of rotatable bonds is 4. The van der Waals surface area contributed by atoms with Crippen molar-refractivity contribution in [2.75, 3.05) is 5.73 Å². The summed E-state index contributed by atoms with van der Waals surface area (Å²) in [5.74, 6) is 0.371. The number of nitrogens with two attached hydrogens (primary N) is 1. The molecule has 0 saturated carbocycles. The largest absolute Gasteiger partial charge is 0.378 e. The highest BCUT2D eigenvalue weighted by Crippen LogP contribution is 2.22. The molecule has 9 nitrogen and oxygen atoms in total. The predicted molar refractivity (Wildman–Crippen MR) is 94.6 cm³/mol. The summed E-state index contributed by atoms with van der Waals surface area (Å²) in [7, 11) is 0. The Morgan fingerprint density at radius 1 is 1.28 bits per heavy atom. The standard InChI is InChI=1S/C14H12Cl2N8O/c1-7(19-18-6-9-10(15)4-3-5-11(9)16)12-8(2)24(23-20-12)14-13(17)21-25-22-14/h3-6H,1-2H3,(H2,17,21)/b18-6+,19-7+. The van der Waals surface area contributed by atoms with Gasteiger partial charge in [-0.25, -0.2) is 4.63 Å². The molecule has 0 fully saturated rings. The average Bonchev–Trinajstić information content (AvgIpc) is 3.15. The van der Waals surface area contributed by atoms with E-state index in [-0.39, 0.29) is 11.6 Å². The molecule has 128 valence electrons. The monoisotopic (exact) mass is 378 g/mol. The smallest absolute Gasteiger partial charge is 0.243 e. The second-order valence-corrected chi connectivity index (χ2v) is 5.79. The van der Waals surface area contributed by atoms with E-state index in [1.54, 1.807) is 32.0 Å². The van der Waals surface area contributed by atoms with Crippen molar-refractivity contribution in [2.45, 2.75) is 13.8 Å². The van der Waals surface area contributed by atoms with Crippen molar-refractivity contribution < 1.29 is 4.63 Å². The van der Waals surface area contributed by atoms with E-state index in [9.17, 15) is 0 Å². The Balaban J connectivity index is 1.88. The van der Waals surface area contributed by atoms with Crippen molar-refractivity contribution >= 4 is 40.9 Å². The lowest BCUT2D eigenvalue weighted by Crippen LogP contribution is -2.04. The number of hydrogen-bond donors (Lipinski definition) is 1. The van der Waals surface area contributed by atoms with Crippen molar-refractivity contribution in [3.05, 3.63) is 45.2 Å². The van der Waals surface area contributed by atoms with Gasteiger partial charge in [0.05, 0.1) is 27.7 Å². The average molecular weight is 379 g/mol. The molecule has 0 aliphatic carbocycles. The molecular weight excluding hydrogens is 367 g/mol. The maximum absolute atomic E-state index is 6.08. The summed E-state index contributed by atoms with van der Waals surface area (Å²) in [6.07, 6.45) is 1.48. The highest BCUT2D eigenvalue weighted by molar-refractivity contribution is 6.38. The van der Waals surface area contributed by atoms with Gasteiger partial charge in [0.2, 0.25) is 11.6 Å². The summed E-state index contributed by atoms with van der Waals surface area (Å²) >= 11 is 12.2. The molecule has 2 aromatic heterocycles. The fraction of sp³-hybridized carbons (Fsp3) is 0.143. The second kappa shape index (κ2) is 6.99. The number of nitrogens with zero attached hydrogens (tertiary/aromatic N) is 7. The molecule has 0 aliphatic rings. The minimum absolute atomic E-state index is 0.112. The zero-order valence-electron chi connectivity index (χ0n) is 13.2. The van der Waals surface area contributed by atoms with Crippen LogP contribution >= 0.6 is 23.2 Å². The van der Waals surface area contributed by atoms with Crippen LogP contribution in [0.5, 0.6) is 0 Å². The van der Waals surface area contributed by atoms with Gasteiger partial charge in [0, 0.05) is 5.56 Å². The van der Waals surface area contributed by atoms with Gasteiger partial charge in [-0.15, -0.1) is 5.10 Å². The van der Waals surface area contributed by atoms with Crippen LogP contribution in [0.4, 0.5) is 5.82 Å². The van der Waals surface area contributed by atoms with Gasteiger partial charge in [-0.05, 0) is 36.3 Å². The van der Waals surface area contributed by atoms with E-state index in [0.717, 1.165) is 0 Å². The first-order chi connectivity index (χ1) is 12.0. The van der Waals surface area contributed by atoms with Crippen LogP contribution in [0, 0.1) is 6.92 Å². The number of hydrogen-bond acceptors (Lipinski definition) is 8. The topological polar surface area (TPSA) is 120 Å². The number of nitrogen functional groups attached to an aromatic ring is 1. The molecule has 0 radical (unpaired) electrons. The number of anilines is 1. The molecule has 3 aromatic rings. The summed E-state index contributed by atoms with van der Waals surface area (Å²) in [6, 6.07) is 5.19. The van der Waals surface area contributed by atoms with Crippen LogP contribution < -0.4 is 5.73 Å². The molecule has 25 heavy (non-hydrogen) atoms. The van der Waals surface area contributed by atoms with Gasteiger partial charge in [0.15, 0.2) is 0 Å². The van der Waals surface area contributed by atoms with Crippen molar-refractivity contribution in [3.8, 4) is 5.82 Å². The summed E-state index contributed by atoms with van der Waals surface area (Å²) in [5.41, 5.74) is 7.99.